The van der Waals surface area contributed by atoms with Gasteiger partial charge in [-0.25, -0.2) is 0 Å². The van der Waals surface area contributed by atoms with Gasteiger partial charge in [0.15, 0.2) is 0 Å². The average molecular weight is 541 g/mol. The molecule has 0 aromatic heterocycles. The normalized spacial score (nSPS) is 38.5. The van der Waals surface area contributed by atoms with Gasteiger partial charge in [0, 0.05) is 0 Å². The van der Waals surface area contributed by atoms with Crippen molar-refractivity contribution in [2.75, 3.05) is 0 Å². The second-order valence-corrected chi connectivity index (χ2v) is 14.7. The van der Waals surface area contributed by atoms with Crippen LogP contribution in [0.2, 0.25) is 0 Å². The fraction of sp³-hybridized carbons (Fsp3) is 0.846. The van der Waals surface area contributed by atoms with Gasteiger partial charge in [-0.1, -0.05) is 135 Å². The van der Waals surface area contributed by atoms with Crippen molar-refractivity contribution >= 4 is 0 Å². The molecule has 0 spiro atoms. The van der Waals surface area contributed by atoms with Gasteiger partial charge in [0.05, 0.1) is 0 Å². The molecule has 0 aliphatic heterocycles. The van der Waals surface area contributed by atoms with E-state index in [1.54, 1.807) is 11.1 Å². The SMILES string of the molecule is C=C(CCC(C)[C@@]1(C)CCC2(C)C3=CCC4C(C)(CCC(C)C4(C)C)C3=CCC21C)C(C)C.CC.CC.CC. The quantitative estimate of drug-likeness (QED) is 0.304. The van der Waals surface area contributed by atoms with Gasteiger partial charge in [0.1, 0.15) is 0 Å². The van der Waals surface area contributed by atoms with E-state index in [-0.39, 0.29) is 0 Å². The lowest BCUT2D eigenvalue weighted by Gasteiger charge is -2.62. The Bertz CT molecular complexity index is 866. The van der Waals surface area contributed by atoms with Crippen LogP contribution >= 0.6 is 0 Å². The Morgan fingerprint density at radius 2 is 1.41 bits per heavy atom. The topological polar surface area (TPSA) is 0 Å². The third-order valence-electron chi connectivity index (χ3n) is 13.2. The summed E-state index contributed by atoms with van der Waals surface area (Å²) in [5.41, 5.74) is 6.81. The first-order valence-electron chi connectivity index (χ1n) is 17.2. The summed E-state index contributed by atoms with van der Waals surface area (Å²) in [6.07, 6.45) is 16.0. The van der Waals surface area contributed by atoms with Crippen LogP contribution in [0.4, 0.5) is 0 Å². The van der Waals surface area contributed by atoms with Crippen LogP contribution in [0.15, 0.2) is 35.5 Å². The summed E-state index contributed by atoms with van der Waals surface area (Å²) in [6.45, 7) is 41.8. The maximum atomic E-state index is 4.39. The van der Waals surface area contributed by atoms with Gasteiger partial charge >= 0.3 is 0 Å². The van der Waals surface area contributed by atoms with Gasteiger partial charge in [-0.05, 0) is 113 Å². The van der Waals surface area contributed by atoms with Crippen LogP contribution in [0.25, 0.3) is 0 Å². The number of hydrogen-bond donors (Lipinski definition) is 0. The second-order valence-electron chi connectivity index (χ2n) is 14.7. The van der Waals surface area contributed by atoms with E-state index in [9.17, 15) is 0 Å². The second kappa shape index (κ2) is 13.5. The highest BCUT2D eigenvalue weighted by Gasteiger charge is 2.66. The van der Waals surface area contributed by atoms with Crippen LogP contribution < -0.4 is 0 Å². The summed E-state index contributed by atoms with van der Waals surface area (Å²) in [7, 11) is 0. The summed E-state index contributed by atoms with van der Waals surface area (Å²) >= 11 is 0. The van der Waals surface area contributed by atoms with Crippen LogP contribution in [-0.4, -0.2) is 0 Å². The third kappa shape index (κ3) is 5.67. The molecule has 0 N–H and O–H groups in total. The lowest BCUT2D eigenvalue weighted by molar-refractivity contribution is -0.0415. The van der Waals surface area contributed by atoms with Crippen molar-refractivity contribution in [3.05, 3.63) is 35.5 Å². The van der Waals surface area contributed by atoms with Crippen LogP contribution in [-0.2, 0) is 0 Å². The lowest BCUT2D eigenvalue weighted by Crippen LogP contribution is -2.54. The molecule has 0 saturated heterocycles. The fourth-order valence-electron chi connectivity index (χ4n) is 9.32. The molecule has 228 valence electrons. The molecular formula is C39H72. The van der Waals surface area contributed by atoms with Crippen molar-refractivity contribution in [1.82, 2.24) is 0 Å². The smallest absolute Gasteiger partial charge is 0.00134 e. The molecule has 39 heavy (non-hydrogen) atoms. The van der Waals surface area contributed by atoms with Gasteiger partial charge in [0.25, 0.3) is 0 Å². The molecule has 0 heterocycles. The molecule has 0 aromatic carbocycles. The summed E-state index contributed by atoms with van der Waals surface area (Å²) in [6, 6.07) is 0. The Kier molecular flexibility index (Phi) is 12.5. The van der Waals surface area contributed by atoms with Gasteiger partial charge in [-0.15, -0.1) is 0 Å². The highest BCUT2D eigenvalue weighted by molar-refractivity contribution is 5.50. The zero-order valence-electron chi connectivity index (χ0n) is 29.8. The van der Waals surface area contributed by atoms with Crippen LogP contribution in [0, 0.1) is 50.7 Å². The minimum atomic E-state index is 0.316. The van der Waals surface area contributed by atoms with E-state index < -0.39 is 0 Å². The highest BCUT2D eigenvalue weighted by Crippen LogP contribution is 2.75. The molecule has 4 aliphatic rings. The van der Waals surface area contributed by atoms with Crippen molar-refractivity contribution in [1.29, 1.82) is 0 Å². The summed E-state index contributed by atoms with van der Waals surface area (Å²) in [4.78, 5) is 0. The van der Waals surface area contributed by atoms with Crippen molar-refractivity contribution in [3.8, 4) is 0 Å². The fourth-order valence-corrected chi connectivity index (χ4v) is 9.32. The van der Waals surface area contributed by atoms with E-state index in [1.165, 1.54) is 56.9 Å². The molecule has 0 heteroatoms. The third-order valence-corrected chi connectivity index (χ3v) is 13.2. The Morgan fingerprint density at radius 3 is 1.95 bits per heavy atom. The number of rotatable bonds is 5. The highest BCUT2D eigenvalue weighted by atomic mass is 14.7. The summed E-state index contributed by atoms with van der Waals surface area (Å²) < 4.78 is 0. The van der Waals surface area contributed by atoms with Gasteiger partial charge < -0.3 is 0 Å². The van der Waals surface area contributed by atoms with E-state index in [0.717, 1.165) is 17.8 Å². The molecule has 2 saturated carbocycles. The van der Waals surface area contributed by atoms with E-state index in [4.69, 9.17) is 0 Å². The number of hydrogen-bond acceptors (Lipinski definition) is 0. The molecule has 4 aliphatic carbocycles. The minimum absolute atomic E-state index is 0.316. The Balaban J connectivity index is 0.00000119. The molecule has 0 aromatic rings. The molecule has 2 fully saturated rings. The van der Waals surface area contributed by atoms with E-state index >= 15 is 0 Å². The molecule has 0 bridgehead atoms. The van der Waals surface area contributed by atoms with Crippen molar-refractivity contribution in [2.24, 2.45) is 50.7 Å². The molecule has 4 rings (SSSR count). The molecule has 0 amide bonds. The molecule has 6 unspecified atom stereocenters. The zero-order valence-corrected chi connectivity index (χ0v) is 29.8. The Morgan fingerprint density at radius 1 is 0.846 bits per heavy atom. The summed E-state index contributed by atoms with van der Waals surface area (Å²) in [5.74, 6) is 2.95. The van der Waals surface area contributed by atoms with Gasteiger partial charge in [0.2, 0.25) is 0 Å². The predicted molar refractivity (Wildman–Crippen MR) is 179 cm³/mol. The van der Waals surface area contributed by atoms with E-state index in [2.05, 4.69) is 88.0 Å². The molecule has 0 nitrogen and oxygen atoms in total. The van der Waals surface area contributed by atoms with Crippen molar-refractivity contribution < 1.29 is 0 Å². The van der Waals surface area contributed by atoms with E-state index in [0.29, 0.717) is 33.0 Å². The lowest BCUT2D eigenvalue weighted by atomic mass is 9.42. The van der Waals surface area contributed by atoms with Crippen LogP contribution in [0.5, 0.6) is 0 Å². The minimum Gasteiger partial charge on any atom is -0.0996 e. The monoisotopic (exact) mass is 541 g/mol. The van der Waals surface area contributed by atoms with E-state index in [1.807, 2.05) is 41.5 Å². The maximum absolute atomic E-state index is 4.39. The van der Waals surface area contributed by atoms with Crippen molar-refractivity contribution in [3.63, 3.8) is 0 Å². The standard InChI is InChI=1S/C33H54.3C2H6/c1-22(2)23(3)12-13-25(5)31(9)20-21-32(10)27-14-15-28-29(6,7)24(4)16-18-30(28,8)26(27)17-19-33(31,32)11;3*1-2/h14,17,22,24-25,28H,3,12-13,15-16,18-21H2,1-2,4-11H3;3*1-2H3/t24?,25?,28?,30?,31-,32?,33?;;;/m1.../s1. The summed E-state index contributed by atoms with van der Waals surface area (Å²) in [5, 5.41) is 0. The first-order valence-corrected chi connectivity index (χ1v) is 17.2. The Hall–Kier alpha value is -0.780. The zero-order chi connectivity index (χ0) is 30.6. The molecule has 7 atom stereocenters. The predicted octanol–water partition coefficient (Wildman–Crippen LogP) is 13.2. The largest absolute Gasteiger partial charge is 0.0996 e. The van der Waals surface area contributed by atoms with Crippen LogP contribution in [0.1, 0.15) is 162 Å². The average Bonchev–Trinajstić information content (AvgIpc) is 3.15. The van der Waals surface area contributed by atoms with Gasteiger partial charge in [-0.2, -0.15) is 0 Å². The van der Waals surface area contributed by atoms with Crippen molar-refractivity contribution in [2.45, 2.75) is 162 Å². The first-order chi connectivity index (χ1) is 18.1. The van der Waals surface area contributed by atoms with Crippen LogP contribution in [0.3, 0.4) is 0 Å². The van der Waals surface area contributed by atoms with Gasteiger partial charge in [-0.3, -0.25) is 0 Å². The number of fused-ring (bicyclic) bond motifs is 5. The Labute approximate surface area is 248 Å². The first kappa shape index (κ1) is 36.2. The molecular weight excluding hydrogens is 468 g/mol. The number of allylic oxidation sites excluding steroid dienone is 5. The molecule has 0 radical (unpaired) electrons. The maximum Gasteiger partial charge on any atom is -0.00134 e.